The molecule has 2 rings (SSSR count). The second-order valence-corrected chi connectivity index (χ2v) is 5.04. The molecule has 6 nitrogen and oxygen atoms in total. The number of anilines is 1. The maximum atomic E-state index is 11.2. The Kier molecular flexibility index (Phi) is 4.01. The molecule has 0 bridgehead atoms. The van der Waals surface area contributed by atoms with Gasteiger partial charge in [0.15, 0.2) is 0 Å². The van der Waals surface area contributed by atoms with Gasteiger partial charge in [0.2, 0.25) is 0 Å². The van der Waals surface area contributed by atoms with Crippen molar-refractivity contribution in [3.05, 3.63) is 33.9 Å². The van der Waals surface area contributed by atoms with Crippen LogP contribution in [0.25, 0.3) is 0 Å². The molecule has 0 aliphatic carbocycles. The Bertz CT molecular complexity index is 478. The maximum absolute atomic E-state index is 11.2. The van der Waals surface area contributed by atoms with Gasteiger partial charge in [0.25, 0.3) is 5.69 Å². The zero-order valence-electron chi connectivity index (χ0n) is 11.4. The molecule has 2 N–H and O–H groups in total. The van der Waals surface area contributed by atoms with Crippen LogP contribution in [0.3, 0.4) is 0 Å². The number of piperazine rings is 1. The zero-order valence-corrected chi connectivity index (χ0v) is 11.4. The topological polar surface area (TPSA) is 75.6 Å². The van der Waals surface area contributed by atoms with Gasteiger partial charge in [-0.3, -0.25) is 10.1 Å². The minimum Gasteiger partial charge on any atom is -0.359 e. The highest BCUT2D eigenvalue weighted by Gasteiger charge is 2.30. The Labute approximate surface area is 112 Å². The molecule has 0 amide bonds. The highest BCUT2D eigenvalue weighted by Crippen LogP contribution is 2.33. The molecule has 1 fully saturated rings. The van der Waals surface area contributed by atoms with Crippen molar-refractivity contribution in [3.8, 4) is 0 Å². The molecule has 1 saturated heterocycles. The number of benzene rings is 1. The number of para-hydroxylation sites is 1. The Morgan fingerprint density at radius 1 is 1.47 bits per heavy atom. The van der Waals surface area contributed by atoms with Gasteiger partial charge >= 0.3 is 0 Å². The minimum absolute atomic E-state index is 0.124. The van der Waals surface area contributed by atoms with Crippen molar-refractivity contribution in [1.82, 2.24) is 4.90 Å². The van der Waals surface area contributed by atoms with E-state index in [4.69, 9.17) is 5.73 Å². The van der Waals surface area contributed by atoms with E-state index in [1.165, 1.54) is 0 Å². The third kappa shape index (κ3) is 2.69. The highest BCUT2D eigenvalue weighted by atomic mass is 16.6. The highest BCUT2D eigenvalue weighted by molar-refractivity contribution is 5.68. The van der Waals surface area contributed by atoms with Gasteiger partial charge in [0.1, 0.15) is 5.69 Å². The summed E-state index contributed by atoms with van der Waals surface area (Å²) in [5.74, 6) is 0. The van der Waals surface area contributed by atoms with E-state index in [0.29, 0.717) is 6.54 Å². The van der Waals surface area contributed by atoms with Crippen LogP contribution in [0.15, 0.2) is 18.2 Å². The molecular formula is C13H20N4O2. The van der Waals surface area contributed by atoms with Crippen molar-refractivity contribution < 1.29 is 4.92 Å². The lowest BCUT2D eigenvalue weighted by molar-refractivity contribution is -0.384. The second-order valence-electron chi connectivity index (χ2n) is 5.04. The monoisotopic (exact) mass is 264 g/mol. The molecule has 0 saturated carbocycles. The fourth-order valence-corrected chi connectivity index (χ4v) is 2.67. The molecule has 1 unspecified atom stereocenters. The maximum Gasteiger partial charge on any atom is 0.292 e. The average Bonchev–Trinajstić information content (AvgIpc) is 2.38. The minimum atomic E-state index is -0.311. The van der Waals surface area contributed by atoms with E-state index >= 15 is 0 Å². The summed E-state index contributed by atoms with van der Waals surface area (Å²) in [5, 5.41) is 11.2. The van der Waals surface area contributed by atoms with Crippen molar-refractivity contribution in [3.63, 3.8) is 0 Å². The van der Waals surface area contributed by atoms with E-state index in [1.807, 2.05) is 20.0 Å². The molecule has 1 heterocycles. The lowest BCUT2D eigenvalue weighted by Crippen LogP contribution is -2.55. The van der Waals surface area contributed by atoms with E-state index in [9.17, 15) is 10.1 Å². The molecule has 104 valence electrons. The number of hydrogen-bond acceptors (Lipinski definition) is 5. The number of likely N-dealkylation sites (N-methyl/N-ethyl adjacent to an activating group) is 1. The molecule has 6 heteroatoms. The number of nitrogens with two attached hydrogens (primary N) is 1. The Morgan fingerprint density at radius 3 is 2.84 bits per heavy atom. The van der Waals surface area contributed by atoms with Crippen LogP contribution < -0.4 is 10.6 Å². The number of nitrogens with zero attached hydrogens (tertiary/aromatic N) is 3. The lowest BCUT2D eigenvalue weighted by atomic mass is 10.1. The number of aryl methyl sites for hydroxylation is 1. The van der Waals surface area contributed by atoms with E-state index in [0.717, 1.165) is 30.9 Å². The first-order valence-corrected chi connectivity index (χ1v) is 6.44. The van der Waals surface area contributed by atoms with Crippen LogP contribution in [-0.2, 0) is 0 Å². The summed E-state index contributed by atoms with van der Waals surface area (Å²) in [7, 11) is 2.05. The summed E-state index contributed by atoms with van der Waals surface area (Å²) in [6.07, 6.45) is 0. The van der Waals surface area contributed by atoms with Gasteiger partial charge in [-0.15, -0.1) is 0 Å². The van der Waals surface area contributed by atoms with Crippen LogP contribution in [0.2, 0.25) is 0 Å². The van der Waals surface area contributed by atoms with Gasteiger partial charge in [0, 0.05) is 32.2 Å². The summed E-state index contributed by atoms with van der Waals surface area (Å²) >= 11 is 0. The first-order valence-electron chi connectivity index (χ1n) is 6.44. The normalized spacial score (nSPS) is 20.6. The van der Waals surface area contributed by atoms with Gasteiger partial charge in [-0.1, -0.05) is 12.1 Å². The van der Waals surface area contributed by atoms with Gasteiger partial charge in [-0.05, 0) is 19.5 Å². The fraction of sp³-hybridized carbons (Fsp3) is 0.538. The second kappa shape index (κ2) is 5.54. The molecular weight excluding hydrogens is 244 g/mol. The fourth-order valence-electron chi connectivity index (χ4n) is 2.67. The summed E-state index contributed by atoms with van der Waals surface area (Å²) in [6, 6.07) is 5.32. The molecule has 1 aliphatic heterocycles. The van der Waals surface area contributed by atoms with Crippen LogP contribution in [0.1, 0.15) is 5.56 Å². The van der Waals surface area contributed by atoms with Crippen LogP contribution in [0.5, 0.6) is 0 Å². The third-order valence-corrected chi connectivity index (χ3v) is 3.66. The molecule has 0 spiro atoms. The zero-order chi connectivity index (χ0) is 14.0. The Hall–Kier alpha value is -1.66. The van der Waals surface area contributed by atoms with E-state index in [-0.39, 0.29) is 16.7 Å². The van der Waals surface area contributed by atoms with E-state index in [1.54, 1.807) is 12.1 Å². The Balaban J connectivity index is 2.42. The number of nitro benzene ring substituents is 1. The summed E-state index contributed by atoms with van der Waals surface area (Å²) in [4.78, 5) is 15.2. The van der Waals surface area contributed by atoms with Crippen molar-refractivity contribution in [2.75, 3.05) is 38.1 Å². The first-order chi connectivity index (χ1) is 9.04. The predicted molar refractivity (Wildman–Crippen MR) is 75.5 cm³/mol. The largest absolute Gasteiger partial charge is 0.359 e. The van der Waals surface area contributed by atoms with Gasteiger partial charge in [-0.25, -0.2) is 0 Å². The van der Waals surface area contributed by atoms with Gasteiger partial charge in [0.05, 0.1) is 11.0 Å². The standard InChI is InChI=1S/C13H20N4O2/c1-10-4-3-5-12(17(18)19)13(10)16-7-6-15(2)9-11(16)8-14/h3-5,11H,6-9,14H2,1-2H3. The van der Waals surface area contributed by atoms with Crippen molar-refractivity contribution in [2.45, 2.75) is 13.0 Å². The smallest absolute Gasteiger partial charge is 0.292 e. The lowest BCUT2D eigenvalue weighted by Gasteiger charge is -2.41. The van der Waals surface area contributed by atoms with Gasteiger partial charge < -0.3 is 15.5 Å². The molecule has 1 aromatic carbocycles. The first kappa shape index (κ1) is 13.8. The molecule has 1 aliphatic rings. The van der Waals surface area contributed by atoms with E-state index < -0.39 is 0 Å². The number of nitro groups is 1. The predicted octanol–water partition coefficient (Wildman–Crippen LogP) is 0.982. The summed E-state index contributed by atoms with van der Waals surface area (Å²) < 4.78 is 0. The van der Waals surface area contributed by atoms with Crippen LogP contribution in [0.4, 0.5) is 11.4 Å². The summed E-state index contributed by atoms with van der Waals surface area (Å²) in [5.41, 5.74) is 7.65. The number of rotatable bonds is 3. The van der Waals surface area contributed by atoms with Crippen LogP contribution in [-0.4, -0.2) is 49.1 Å². The molecule has 0 aromatic heterocycles. The molecule has 19 heavy (non-hydrogen) atoms. The van der Waals surface area contributed by atoms with Crippen molar-refractivity contribution in [2.24, 2.45) is 5.73 Å². The Morgan fingerprint density at radius 2 is 2.21 bits per heavy atom. The molecule has 1 atom stereocenters. The van der Waals surface area contributed by atoms with Crippen molar-refractivity contribution >= 4 is 11.4 Å². The van der Waals surface area contributed by atoms with Crippen molar-refractivity contribution in [1.29, 1.82) is 0 Å². The number of hydrogen-bond donors (Lipinski definition) is 1. The third-order valence-electron chi connectivity index (χ3n) is 3.66. The summed E-state index contributed by atoms with van der Waals surface area (Å²) in [6.45, 7) is 4.90. The van der Waals surface area contributed by atoms with Crippen LogP contribution in [0, 0.1) is 17.0 Å². The van der Waals surface area contributed by atoms with E-state index in [2.05, 4.69) is 9.80 Å². The van der Waals surface area contributed by atoms with Gasteiger partial charge in [-0.2, -0.15) is 0 Å². The molecule has 1 aromatic rings. The average molecular weight is 264 g/mol. The quantitative estimate of drug-likeness (QED) is 0.650. The SMILES string of the molecule is Cc1cccc([N+](=O)[O-])c1N1CCN(C)CC1CN. The van der Waals surface area contributed by atoms with Crippen LogP contribution >= 0.6 is 0 Å². The molecule has 0 radical (unpaired) electrons.